The summed E-state index contributed by atoms with van der Waals surface area (Å²) < 4.78 is 18.6. The number of rotatable bonds is 5. The molecule has 0 amide bonds. The zero-order valence-corrected chi connectivity index (χ0v) is 11.6. The first-order valence-corrected chi connectivity index (χ1v) is 6.56. The van der Waals surface area contributed by atoms with Crippen molar-refractivity contribution in [2.75, 3.05) is 0 Å². The molecule has 0 saturated carbocycles. The smallest absolute Gasteiger partial charge is 0.153 e. The van der Waals surface area contributed by atoms with Crippen molar-refractivity contribution in [3.8, 4) is 5.75 Å². The summed E-state index contributed by atoms with van der Waals surface area (Å²) in [5, 5.41) is 0. The quantitative estimate of drug-likeness (QED) is 0.757. The third-order valence-electron chi connectivity index (χ3n) is 3.14. The van der Waals surface area contributed by atoms with Gasteiger partial charge in [-0.3, -0.25) is 4.79 Å². The van der Waals surface area contributed by atoms with Crippen LogP contribution in [0.5, 0.6) is 5.75 Å². The van der Waals surface area contributed by atoms with Crippen molar-refractivity contribution in [1.29, 1.82) is 0 Å². The third-order valence-corrected chi connectivity index (χ3v) is 3.14. The van der Waals surface area contributed by atoms with E-state index in [1.807, 2.05) is 12.1 Å². The predicted molar refractivity (Wildman–Crippen MR) is 76.7 cm³/mol. The van der Waals surface area contributed by atoms with Gasteiger partial charge in [0.05, 0.1) is 5.56 Å². The van der Waals surface area contributed by atoms with Gasteiger partial charge >= 0.3 is 0 Å². The van der Waals surface area contributed by atoms with E-state index in [2.05, 4.69) is 26.0 Å². The van der Waals surface area contributed by atoms with Crippen molar-refractivity contribution < 1.29 is 13.9 Å². The Balaban J connectivity index is 2.07. The van der Waals surface area contributed by atoms with E-state index in [0.29, 0.717) is 24.6 Å². The van der Waals surface area contributed by atoms with Gasteiger partial charge < -0.3 is 4.74 Å². The first kappa shape index (κ1) is 14.3. The van der Waals surface area contributed by atoms with Crippen LogP contribution in [0.25, 0.3) is 0 Å². The van der Waals surface area contributed by atoms with Crippen LogP contribution in [-0.2, 0) is 6.61 Å². The first-order valence-electron chi connectivity index (χ1n) is 6.56. The molecule has 20 heavy (non-hydrogen) atoms. The Labute approximate surface area is 118 Å². The molecular weight excluding hydrogens is 255 g/mol. The highest BCUT2D eigenvalue weighted by molar-refractivity contribution is 5.79. The average molecular weight is 272 g/mol. The third kappa shape index (κ3) is 3.44. The van der Waals surface area contributed by atoms with E-state index < -0.39 is 5.82 Å². The Morgan fingerprint density at radius 2 is 1.85 bits per heavy atom. The second-order valence-electron chi connectivity index (χ2n) is 4.98. The predicted octanol–water partition coefficient (Wildman–Crippen LogP) is 4.34. The number of benzene rings is 2. The largest absolute Gasteiger partial charge is 0.488 e. The van der Waals surface area contributed by atoms with E-state index in [1.54, 1.807) is 0 Å². The minimum absolute atomic E-state index is 0.226. The highest BCUT2D eigenvalue weighted by atomic mass is 19.1. The van der Waals surface area contributed by atoms with Crippen LogP contribution in [-0.4, -0.2) is 6.29 Å². The molecule has 2 rings (SSSR count). The van der Waals surface area contributed by atoms with Crippen molar-refractivity contribution in [2.45, 2.75) is 26.4 Å². The molecule has 3 heteroatoms. The molecule has 0 saturated heterocycles. The van der Waals surface area contributed by atoms with Crippen molar-refractivity contribution in [1.82, 2.24) is 0 Å². The van der Waals surface area contributed by atoms with Crippen LogP contribution in [0.15, 0.2) is 42.5 Å². The van der Waals surface area contributed by atoms with E-state index in [-0.39, 0.29) is 5.56 Å². The van der Waals surface area contributed by atoms with Gasteiger partial charge in [0.15, 0.2) is 6.29 Å². The fourth-order valence-electron chi connectivity index (χ4n) is 1.90. The van der Waals surface area contributed by atoms with E-state index in [9.17, 15) is 9.18 Å². The van der Waals surface area contributed by atoms with Crippen LogP contribution in [0.3, 0.4) is 0 Å². The second-order valence-corrected chi connectivity index (χ2v) is 4.98. The zero-order valence-electron chi connectivity index (χ0n) is 11.6. The Morgan fingerprint density at radius 3 is 2.45 bits per heavy atom. The monoisotopic (exact) mass is 272 g/mol. The van der Waals surface area contributed by atoms with Gasteiger partial charge in [-0.15, -0.1) is 0 Å². The van der Waals surface area contributed by atoms with Gasteiger partial charge in [-0.25, -0.2) is 4.39 Å². The topological polar surface area (TPSA) is 26.3 Å². The molecule has 0 aliphatic carbocycles. The average Bonchev–Trinajstić information content (AvgIpc) is 2.46. The summed E-state index contributed by atoms with van der Waals surface area (Å²) in [4.78, 5) is 10.9. The summed E-state index contributed by atoms with van der Waals surface area (Å²) in [5.74, 6) is 0.443. The summed E-state index contributed by atoms with van der Waals surface area (Å²) >= 11 is 0. The Kier molecular flexibility index (Phi) is 4.51. The summed E-state index contributed by atoms with van der Waals surface area (Å²) in [6.45, 7) is 4.63. The molecule has 0 spiro atoms. The van der Waals surface area contributed by atoms with Gasteiger partial charge in [0.25, 0.3) is 0 Å². The molecule has 0 aliphatic heterocycles. The lowest BCUT2D eigenvalue weighted by Gasteiger charge is -2.10. The second kappa shape index (κ2) is 6.33. The molecule has 2 aromatic carbocycles. The van der Waals surface area contributed by atoms with Crippen LogP contribution < -0.4 is 4.74 Å². The molecule has 0 N–H and O–H groups in total. The maximum atomic E-state index is 13.0. The lowest BCUT2D eigenvalue weighted by Crippen LogP contribution is -1.99. The van der Waals surface area contributed by atoms with Crippen molar-refractivity contribution in [2.24, 2.45) is 0 Å². The Bertz CT molecular complexity index is 588. The summed E-state index contributed by atoms with van der Waals surface area (Å²) in [7, 11) is 0. The first-order chi connectivity index (χ1) is 9.60. The molecule has 0 bridgehead atoms. The lowest BCUT2D eigenvalue weighted by atomic mass is 10.0. The van der Waals surface area contributed by atoms with Gasteiger partial charge in [0.2, 0.25) is 0 Å². The number of ether oxygens (including phenoxy) is 1. The van der Waals surface area contributed by atoms with Crippen molar-refractivity contribution in [3.05, 3.63) is 65.0 Å². The number of hydrogen-bond donors (Lipinski definition) is 0. The van der Waals surface area contributed by atoms with Crippen molar-refractivity contribution in [3.63, 3.8) is 0 Å². The van der Waals surface area contributed by atoms with Gasteiger partial charge in [0, 0.05) is 0 Å². The fourth-order valence-corrected chi connectivity index (χ4v) is 1.90. The van der Waals surface area contributed by atoms with Crippen LogP contribution in [0.1, 0.15) is 41.3 Å². The highest BCUT2D eigenvalue weighted by Gasteiger charge is 2.05. The SMILES string of the molecule is CC(C)c1ccc(COc2ccc(F)cc2C=O)cc1. The Morgan fingerprint density at radius 1 is 1.15 bits per heavy atom. The molecule has 0 aliphatic rings. The van der Waals surface area contributed by atoms with Crippen LogP contribution in [0.4, 0.5) is 4.39 Å². The van der Waals surface area contributed by atoms with Crippen molar-refractivity contribution >= 4 is 6.29 Å². The maximum absolute atomic E-state index is 13.0. The number of halogens is 1. The molecule has 0 unspecified atom stereocenters. The number of aldehydes is 1. The fraction of sp³-hybridized carbons (Fsp3) is 0.235. The van der Waals surface area contributed by atoms with Gasteiger partial charge in [-0.1, -0.05) is 38.1 Å². The summed E-state index contributed by atoms with van der Waals surface area (Å²) in [6, 6.07) is 12.1. The normalized spacial score (nSPS) is 10.6. The molecule has 104 valence electrons. The number of carbonyl (C=O) groups is 1. The maximum Gasteiger partial charge on any atom is 0.153 e. The van der Waals surface area contributed by atoms with Crippen LogP contribution in [0.2, 0.25) is 0 Å². The Hall–Kier alpha value is -2.16. The molecule has 0 aromatic heterocycles. The molecule has 2 nitrogen and oxygen atoms in total. The molecule has 0 heterocycles. The van der Waals surface area contributed by atoms with Gasteiger partial charge in [0.1, 0.15) is 18.2 Å². The number of carbonyl (C=O) groups excluding carboxylic acids is 1. The standard InChI is InChI=1S/C17H17FO2/c1-12(2)14-5-3-13(4-6-14)11-20-17-8-7-16(18)9-15(17)10-19/h3-10,12H,11H2,1-2H3. The molecule has 0 atom stereocenters. The lowest BCUT2D eigenvalue weighted by molar-refractivity contribution is 0.111. The van der Waals surface area contributed by atoms with Crippen LogP contribution >= 0.6 is 0 Å². The van der Waals surface area contributed by atoms with Crippen LogP contribution in [0, 0.1) is 5.82 Å². The molecule has 0 radical (unpaired) electrons. The van der Waals surface area contributed by atoms with Gasteiger partial charge in [-0.05, 0) is 35.2 Å². The van der Waals surface area contributed by atoms with E-state index in [1.165, 1.54) is 23.8 Å². The highest BCUT2D eigenvalue weighted by Crippen LogP contribution is 2.20. The minimum Gasteiger partial charge on any atom is -0.488 e. The summed E-state index contributed by atoms with van der Waals surface area (Å²) in [5.41, 5.74) is 2.50. The van der Waals surface area contributed by atoms with E-state index >= 15 is 0 Å². The van der Waals surface area contributed by atoms with E-state index in [0.717, 1.165) is 5.56 Å². The van der Waals surface area contributed by atoms with Gasteiger partial charge in [-0.2, -0.15) is 0 Å². The molecule has 2 aromatic rings. The molecular formula is C17H17FO2. The minimum atomic E-state index is -0.444. The van der Waals surface area contributed by atoms with E-state index in [4.69, 9.17) is 4.74 Å². The molecule has 0 fully saturated rings. The zero-order chi connectivity index (χ0) is 14.5. The summed E-state index contributed by atoms with van der Waals surface area (Å²) in [6.07, 6.45) is 0.597. The number of hydrogen-bond acceptors (Lipinski definition) is 2.